The molecule has 3 heteroatoms. The van der Waals surface area contributed by atoms with Gasteiger partial charge in [0.2, 0.25) is 0 Å². The zero-order chi connectivity index (χ0) is 10.7. The first kappa shape index (κ1) is 10.9. The molecule has 0 amide bonds. The number of rotatable bonds is 4. The monoisotopic (exact) mass is 211 g/mol. The number of nitrogens with two attached hydrogens (primary N) is 1. The molecule has 2 unspecified atom stereocenters. The van der Waals surface area contributed by atoms with Crippen LogP contribution in [0.2, 0.25) is 0 Å². The fourth-order valence-corrected chi connectivity index (χ4v) is 2.29. The van der Waals surface area contributed by atoms with Crippen LogP contribution in [0.4, 0.5) is 0 Å². The SMILES string of the molecule is NC1CCCC(C(=O)OCCC2CC2)C1. The molecule has 2 fully saturated rings. The Morgan fingerprint density at radius 3 is 2.73 bits per heavy atom. The van der Waals surface area contributed by atoms with E-state index in [-0.39, 0.29) is 17.9 Å². The molecule has 0 heterocycles. The summed E-state index contributed by atoms with van der Waals surface area (Å²) in [5.41, 5.74) is 5.84. The van der Waals surface area contributed by atoms with Gasteiger partial charge in [-0.05, 0) is 31.6 Å². The van der Waals surface area contributed by atoms with Crippen LogP contribution in [0.25, 0.3) is 0 Å². The minimum Gasteiger partial charge on any atom is -0.465 e. The van der Waals surface area contributed by atoms with E-state index in [1.54, 1.807) is 0 Å². The average Bonchev–Trinajstić information content (AvgIpc) is 3.01. The predicted octanol–water partition coefficient (Wildman–Crippen LogP) is 1.85. The first-order valence-corrected chi connectivity index (χ1v) is 6.18. The lowest BCUT2D eigenvalue weighted by molar-refractivity contribution is -0.150. The lowest BCUT2D eigenvalue weighted by atomic mass is 9.86. The molecule has 2 saturated carbocycles. The maximum absolute atomic E-state index is 11.7. The van der Waals surface area contributed by atoms with Crippen molar-refractivity contribution in [3.05, 3.63) is 0 Å². The van der Waals surface area contributed by atoms with Crippen LogP contribution in [0, 0.1) is 11.8 Å². The maximum atomic E-state index is 11.7. The van der Waals surface area contributed by atoms with Crippen molar-refractivity contribution in [2.75, 3.05) is 6.61 Å². The third-order valence-electron chi connectivity index (χ3n) is 3.52. The Morgan fingerprint density at radius 1 is 1.27 bits per heavy atom. The van der Waals surface area contributed by atoms with E-state index < -0.39 is 0 Å². The highest BCUT2D eigenvalue weighted by Gasteiger charge is 2.27. The summed E-state index contributed by atoms with van der Waals surface area (Å²) in [5, 5.41) is 0. The summed E-state index contributed by atoms with van der Waals surface area (Å²) < 4.78 is 5.29. The van der Waals surface area contributed by atoms with Crippen LogP contribution in [0.5, 0.6) is 0 Å². The van der Waals surface area contributed by atoms with Crippen molar-refractivity contribution in [3.63, 3.8) is 0 Å². The number of hydrogen-bond donors (Lipinski definition) is 1. The van der Waals surface area contributed by atoms with Crippen LogP contribution in [-0.2, 0) is 9.53 Å². The van der Waals surface area contributed by atoms with Gasteiger partial charge in [-0.2, -0.15) is 0 Å². The maximum Gasteiger partial charge on any atom is 0.308 e. The van der Waals surface area contributed by atoms with Crippen molar-refractivity contribution < 1.29 is 9.53 Å². The van der Waals surface area contributed by atoms with Crippen LogP contribution < -0.4 is 5.73 Å². The van der Waals surface area contributed by atoms with Gasteiger partial charge in [-0.25, -0.2) is 0 Å². The number of carbonyl (C=O) groups excluding carboxylic acids is 1. The second-order valence-electron chi connectivity index (χ2n) is 5.02. The molecule has 2 atom stereocenters. The molecular formula is C12H21NO2. The highest BCUT2D eigenvalue weighted by atomic mass is 16.5. The van der Waals surface area contributed by atoms with E-state index in [1.807, 2.05) is 0 Å². The third-order valence-corrected chi connectivity index (χ3v) is 3.52. The van der Waals surface area contributed by atoms with E-state index in [2.05, 4.69) is 0 Å². The minimum atomic E-state index is -0.00852. The van der Waals surface area contributed by atoms with Gasteiger partial charge in [0.15, 0.2) is 0 Å². The fraction of sp³-hybridized carbons (Fsp3) is 0.917. The van der Waals surface area contributed by atoms with E-state index in [0.29, 0.717) is 6.61 Å². The quantitative estimate of drug-likeness (QED) is 0.722. The minimum absolute atomic E-state index is 0.00852. The van der Waals surface area contributed by atoms with Gasteiger partial charge in [-0.1, -0.05) is 19.3 Å². The van der Waals surface area contributed by atoms with Crippen molar-refractivity contribution in [3.8, 4) is 0 Å². The van der Waals surface area contributed by atoms with Crippen LogP contribution >= 0.6 is 0 Å². The largest absolute Gasteiger partial charge is 0.465 e. The van der Waals surface area contributed by atoms with Crippen molar-refractivity contribution in [2.24, 2.45) is 17.6 Å². The van der Waals surface area contributed by atoms with Crippen molar-refractivity contribution >= 4 is 5.97 Å². The molecule has 0 spiro atoms. The lowest BCUT2D eigenvalue weighted by Crippen LogP contribution is -2.32. The second-order valence-corrected chi connectivity index (χ2v) is 5.02. The van der Waals surface area contributed by atoms with Gasteiger partial charge in [0.25, 0.3) is 0 Å². The molecule has 2 aliphatic carbocycles. The standard InChI is InChI=1S/C12H21NO2/c13-11-3-1-2-10(8-11)12(14)15-7-6-9-4-5-9/h9-11H,1-8,13H2. The van der Waals surface area contributed by atoms with Crippen molar-refractivity contribution in [1.29, 1.82) is 0 Å². The number of esters is 1. The Bertz CT molecular complexity index is 226. The number of ether oxygens (including phenoxy) is 1. The van der Waals surface area contributed by atoms with Gasteiger partial charge in [0.1, 0.15) is 0 Å². The van der Waals surface area contributed by atoms with E-state index in [4.69, 9.17) is 10.5 Å². The zero-order valence-electron chi connectivity index (χ0n) is 9.28. The zero-order valence-corrected chi connectivity index (χ0v) is 9.28. The average molecular weight is 211 g/mol. The Morgan fingerprint density at radius 2 is 2.07 bits per heavy atom. The lowest BCUT2D eigenvalue weighted by Gasteiger charge is -2.24. The topological polar surface area (TPSA) is 52.3 Å². The molecule has 86 valence electrons. The Hall–Kier alpha value is -0.570. The Balaban J connectivity index is 1.64. The molecular weight excluding hydrogens is 190 g/mol. The van der Waals surface area contributed by atoms with Gasteiger partial charge < -0.3 is 10.5 Å². The summed E-state index contributed by atoms with van der Waals surface area (Å²) in [7, 11) is 0. The summed E-state index contributed by atoms with van der Waals surface area (Å²) in [5.74, 6) is 0.908. The molecule has 0 radical (unpaired) electrons. The fourth-order valence-electron chi connectivity index (χ4n) is 2.29. The summed E-state index contributed by atoms with van der Waals surface area (Å²) in [6.45, 7) is 0.620. The Labute approximate surface area is 91.4 Å². The van der Waals surface area contributed by atoms with Gasteiger partial charge in [-0.15, -0.1) is 0 Å². The van der Waals surface area contributed by atoms with Crippen LogP contribution in [0.3, 0.4) is 0 Å². The summed E-state index contributed by atoms with van der Waals surface area (Å²) in [6.07, 6.45) is 7.63. The van der Waals surface area contributed by atoms with Gasteiger partial charge in [0, 0.05) is 6.04 Å². The molecule has 0 aromatic rings. The van der Waals surface area contributed by atoms with Crippen LogP contribution in [0.15, 0.2) is 0 Å². The van der Waals surface area contributed by atoms with E-state index in [0.717, 1.165) is 38.0 Å². The van der Waals surface area contributed by atoms with Crippen molar-refractivity contribution in [2.45, 2.75) is 51.0 Å². The molecule has 0 saturated heterocycles. The smallest absolute Gasteiger partial charge is 0.308 e. The van der Waals surface area contributed by atoms with Crippen LogP contribution in [-0.4, -0.2) is 18.6 Å². The van der Waals surface area contributed by atoms with E-state index in [9.17, 15) is 4.79 Å². The number of carbonyl (C=O) groups is 1. The first-order chi connectivity index (χ1) is 7.25. The molecule has 0 bridgehead atoms. The molecule has 15 heavy (non-hydrogen) atoms. The molecule has 2 aliphatic rings. The molecule has 2 rings (SSSR count). The highest BCUT2D eigenvalue weighted by Crippen LogP contribution is 2.32. The number of hydrogen-bond acceptors (Lipinski definition) is 3. The highest BCUT2D eigenvalue weighted by molar-refractivity contribution is 5.72. The molecule has 0 aromatic heterocycles. The molecule has 0 aliphatic heterocycles. The summed E-state index contributed by atoms with van der Waals surface area (Å²) >= 11 is 0. The predicted molar refractivity (Wildman–Crippen MR) is 58.2 cm³/mol. The van der Waals surface area contributed by atoms with E-state index in [1.165, 1.54) is 12.8 Å². The normalized spacial score (nSPS) is 31.3. The van der Waals surface area contributed by atoms with Gasteiger partial charge in [0.05, 0.1) is 12.5 Å². The Kier molecular flexibility index (Phi) is 3.62. The summed E-state index contributed by atoms with van der Waals surface area (Å²) in [4.78, 5) is 11.7. The molecule has 2 N–H and O–H groups in total. The van der Waals surface area contributed by atoms with Crippen molar-refractivity contribution in [1.82, 2.24) is 0 Å². The molecule has 3 nitrogen and oxygen atoms in total. The second kappa shape index (κ2) is 4.97. The first-order valence-electron chi connectivity index (χ1n) is 6.18. The van der Waals surface area contributed by atoms with Gasteiger partial charge >= 0.3 is 5.97 Å². The van der Waals surface area contributed by atoms with E-state index >= 15 is 0 Å². The third kappa shape index (κ3) is 3.49. The van der Waals surface area contributed by atoms with Crippen LogP contribution in [0.1, 0.15) is 44.9 Å². The molecule has 0 aromatic carbocycles. The van der Waals surface area contributed by atoms with Gasteiger partial charge in [-0.3, -0.25) is 4.79 Å². The summed E-state index contributed by atoms with van der Waals surface area (Å²) in [6, 6.07) is 0.208.